The first-order valence-corrected chi connectivity index (χ1v) is 11.5. The molecule has 0 fully saturated rings. The van der Waals surface area contributed by atoms with E-state index in [1.807, 2.05) is 32.0 Å². The van der Waals surface area contributed by atoms with E-state index in [2.05, 4.69) is 10.6 Å². The second kappa shape index (κ2) is 9.41. The molecule has 3 unspecified atom stereocenters. The van der Waals surface area contributed by atoms with Gasteiger partial charge in [0.25, 0.3) is 0 Å². The molecule has 140 valence electrons. The number of nitrogens with one attached hydrogen (secondary N) is 2. The molecule has 0 heterocycles. The smallest absolute Gasteiger partial charge is 0.246 e. The highest BCUT2D eigenvalue weighted by molar-refractivity contribution is 8.04. The first-order chi connectivity index (χ1) is 11.6. The van der Waals surface area contributed by atoms with Crippen LogP contribution in [0.25, 0.3) is 0 Å². The van der Waals surface area contributed by atoms with Crippen LogP contribution in [0.1, 0.15) is 25.0 Å². The zero-order valence-electron chi connectivity index (χ0n) is 15.3. The van der Waals surface area contributed by atoms with Gasteiger partial charge in [-0.15, -0.1) is 0 Å². The molecular weight excluding hydrogens is 359 g/mol. The van der Waals surface area contributed by atoms with E-state index in [9.17, 15) is 19.0 Å². The molecule has 0 saturated heterocycles. The number of carbonyl (C=O) groups is 2. The summed E-state index contributed by atoms with van der Waals surface area (Å²) in [6, 6.07) is 4.85. The second-order valence-electron chi connectivity index (χ2n) is 6.37. The molecule has 1 rings (SSSR count). The first kappa shape index (κ1) is 21.7. The quantitative estimate of drug-likeness (QED) is 0.597. The van der Waals surface area contributed by atoms with Crippen LogP contribution in [-0.2, 0) is 14.2 Å². The number of hydrogen-bond donors (Lipinski definition) is 3. The highest BCUT2D eigenvalue weighted by Gasteiger charge is 2.27. The lowest BCUT2D eigenvalue weighted by Gasteiger charge is -2.19. The van der Waals surface area contributed by atoms with Crippen LogP contribution < -0.4 is 10.6 Å². The largest absolute Gasteiger partial charge is 0.344 e. The fraction of sp³-hybridized carbons (Fsp3) is 0.529. The maximum absolute atomic E-state index is 12.2. The molecule has 6 nitrogen and oxygen atoms in total. The summed E-state index contributed by atoms with van der Waals surface area (Å²) in [4.78, 5) is 34.2. The summed E-state index contributed by atoms with van der Waals surface area (Å²) >= 11 is 1.28. The van der Waals surface area contributed by atoms with Crippen molar-refractivity contribution in [1.82, 2.24) is 5.32 Å². The molecule has 8 heteroatoms. The van der Waals surface area contributed by atoms with Crippen molar-refractivity contribution in [2.45, 2.75) is 33.7 Å². The molecule has 0 radical (unpaired) electrons. The molecule has 3 N–H and O–H groups in total. The van der Waals surface area contributed by atoms with Gasteiger partial charge >= 0.3 is 0 Å². The molecule has 0 aliphatic heterocycles. The number of anilines is 1. The maximum atomic E-state index is 12.2. The topological polar surface area (TPSA) is 95.5 Å². The summed E-state index contributed by atoms with van der Waals surface area (Å²) in [6.45, 7) is 7.12. The molecule has 0 saturated carbocycles. The third kappa shape index (κ3) is 7.22. The predicted molar refractivity (Wildman–Crippen MR) is 104 cm³/mol. The zero-order chi connectivity index (χ0) is 19.2. The van der Waals surface area contributed by atoms with Gasteiger partial charge in [0.1, 0.15) is 6.04 Å². The van der Waals surface area contributed by atoms with Crippen LogP contribution in [0.3, 0.4) is 0 Å². The third-order valence-corrected chi connectivity index (χ3v) is 7.63. The van der Waals surface area contributed by atoms with Gasteiger partial charge in [0, 0.05) is 17.8 Å². The highest BCUT2D eigenvalue weighted by atomic mass is 32.2. The Kier molecular flexibility index (Phi) is 8.19. The minimum atomic E-state index is -3.33. The number of amides is 2. The molecule has 3 atom stereocenters. The van der Waals surface area contributed by atoms with E-state index in [0.29, 0.717) is 5.69 Å². The van der Waals surface area contributed by atoms with Gasteiger partial charge in [-0.2, -0.15) is 11.8 Å². The molecule has 0 aromatic heterocycles. The standard InChI is InChI=1S/C17H27N2O4PS/c1-11-6-7-15(8-12(11)2)19-17(21)14(4)18-16(20)13(3)9-24(22,23)10-25-5/h6-8,13-14H,9-10H2,1-5H3,(H,18,20)(H,19,21)(H,22,23). The van der Waals surface area contributed by atoms with Gasteiger partial charge in [-0.25, -0.2) is 0 Å². The van der Waals surface area contributed by atoms with Crippen molar-refractivity contribution in [3.63, 3.8) is 0 Å². The van der Waals surface area contributed by atoms with Crippen LogP contribution in [0.15, 0.2) is 18.2 Å². The number of carbonyl (C=O) groups excluding carboxylic acids is 2. The summed E-state index contributed by atoms with van der Waals surface area (Å²) in [6.07, 6.45) is 1.65. The fourth-order valence-corrected chi connectivity index (χ4v) is 5.31. The first-order valence-electron chi connectivity index (χ1n) is 8.04. The van der Waals surface area contributed by atoms with E-state index < -0.39 is 25.2 Å². The van der Waals surface area contributed by atoms with Crippen molar-refractivity contribution in [3.05, 3.63) is 29.3 Å². The van der Waals surface area contributed by atoms with Crippen molar-refractivity contribution in [1.29, 1.82) is 0 Å². The van der Waals surface area contributed by atoms with Crippen molar-refractivity contribution in [2.24, 2.45) is 5.92 Å². The van der Waals surface area contributed by atoms with E-state index in [4.69, 9.17) is 0 Å². The zero-order valence-corrected chi connectivity index (χ0v) is 17.0. The number of hydrogen-bond acceptors (Lipinski definition) is 4. The van der Waals surface area contributed by atoms with Gasteiger partial charge in [0.2, 0.25) is 19.2 Å². The average Bonchev–Trinajstić information content (AvgIpc) is 2.50. The number of rotatable bonds is 8. The van der Waals surface area contributed by atoms with E-state index >= 15 is 0 Å². The van der Waals surface area contributed by atoms with Crippen molar-refractivity contribution >= 4 is 36.6 Å². The Balaban J connectivity index is 2.60. The summed E-state index contributed by atoms with van der Waals surface area (Å²) in [7, 11) is -3.33. The molecule has 0 bridgehead atoms. The van der Waals surface area contributed by atoms with Crippen LogP contribution in [0.4, 0.5) is 5.69 Å². The lowest BCUT2D eigenvalue weighted by Crippen LogP contribution is -2.44. The molecular formula is C17H27N2O4PS. The lowest BCUT2D eigenvalue weighted by molar-refractivity contribution is -0.128. The van der Waals surface area contributed by atoms with Crippen LogP contribution in [0.2, 0.25) is 0 Å². The molecule has 0 aliphatic rings. The summed E-state index contributed by atoms with van der Waals surface area (Å²) in [5, 5.41) is 5.36. The third-order valence-electron chi connectivity index (χ3n) is 3.86. The highest BCUT2D eigenvalue weighted by Crippen LogP contribution is 2.45. The fourth-order valence-electron chi connectivity index (χ4n) is 2.26. The SMILES string of the molecule is CSCP(=O)(O)CC(C)C(=O)NC(C)C(=O)Nc1ccc(C)c(C)c1. The van der Waals surface area contributed by atoms with E-state index in [1.54, 1.807) is 20.1 Å². The van der Waals surface area contributed by atoms with Crippen LogP contribution in [0, 0.1) is 19.8 Å². The van der Waals surface area contributed by atoms with Gasteiger partial charge in [0.15, 0.2) is 0 Å². The molecule has 1 aromatic carbocycles. The van der Waals surface area contributed by atoms with Gasteiger partial charge < -0.3 is 15.5 Å². The maximum Gasteiger partial charge on any atom is 0.246 e. The minimum absolute atomic E-state index is 0.0921. The van der Waals surface area contributed by atoms with Crippen molar-refractivity contribution < 1.29 is 19.0 Å². The molecule has 25 heavy (non-hydrogen) atoms. The van der Waals surface area contributed by atoms with Crippen molar-refractivity contribution in [3.8, 4) is 0 Å². The van der Waals surface area contributed by atoms with Crippen LogP contribution >= 0.6 is 19.1 Å². The Morgan fingerprint density at radius 2 is 1.84 bits per heavy atom. The lowest BCUT2D eigenvalue weighted by atomic mass is 10.1. The molecule has 1 aromatic rings. The molecule has 0 spiro atoms. The second-order valence-corrected chi connectivity index (χ2v) is 10.0. The predicted octanol–water partition coefficient (Wildman–Crippen LogP) is 2.97. The van der Waals surface area contributed by atoms with Gasteiger partial charge in [0.05, 0.1) is 5.49 Å². The minimum Gasteiger partial charge on any atom is -0.344 e. The van der Waals surface area contributed by atoms with Crippen LogP contribution in [-0.4, -0.2) is 40.7 Å². The van der Waals surface area contributed by atoms with Crippen molar-refractivity contribution in [2.75, 3.05) is 23.2 Å². The number of benzene rings is 1. The number of aryl methyl sites for hydroxylation is 2. The average molecular weight is 386 g/mol. The monoisotopic (exact) mass is 386 g/mol. The summed E-state index contributed by atoms with van der Waals surface area (Å²) < 4.78 is 11.9. The number of thioether (sulfide) groups is 1. The van der Waals surface area contributed by atoms with Gasteiger partial charge in [-0.05, 0) is 50.3 Å². The van der Waals surface area contributed by atoms with Gasteiger partial charge in [-0.1, -0.05) is 13.0 Å². The Morgan fingerprint density at radius 3 is 2.40 bits per heavy atom. The van der Waals surface area contributed by atoms with E-state index in [0.717, 1.165) is 11.1 Å². The van der Waals surface area contributed by atoms with E-state index in [-0.39, 0.29) is 17.6 Å². The Hall–Kier alpha value is -1.30. The summed E-state index contributed by atoms with van der Waals surface area (Å²) in [5.74, 6) is -1.38. The molecule has 2 amide bonds. The summed E-state index contributed by atoms with van der Waals surface area (Å²) in [5.41, 5.74) is 2.98. The Bertz CT molecular complexity index is 681. The molecule has 0 aliphatic carbocycles. The Morgan fingerprint density at radius 1 is 1.20 bits per heavy atom. The van der Waals surface area contributed by atoms with Crippen LogP contribution in [0.5, 0.6) is 0 Å². The normalized spacial score (nSPS) is 15.8. The Labute approximate surface area is 153 Å². The van der Waals surface area contributed by atoms with E-state index in [1.165, 1.54) is 11.8 Å². The van der Waals surface area contributed by atoms with Gasteiger partial charge in [-0.3, -0.25) is 14.2 Å².